The summed E-state index contributed by atoms with van der Waals surface area (Å²) < 4.78 is 18.8. The van der Waals surface area contributed by atoms with Crippen LogP contribution in [0.2, 0.25) is 0 Å². The van der Waals surface area contributed by atoms with Gasteiger partial charge < -0.3 is 24.4 Å². The van der Waals surface area contributed by atoms with E-state index < -0.39 is 17.6 Å². The Balaban J connectivity index is 2.51. The van der Waals surface area contributed by atoms with Gasteiger partial charge in [-0.25, -0.2) is 4.79 Å². The molecule has 0 heterocycles. The van der Waals surface area contributed by atoms with E-state index in [9.17, 15) is 15.0 Å². The Morgan fingerprint density at radius 2 is 0.969 bits per heavy atom. The molecule has 65 heavy (non-hydrogen) atoms. The van der Waals surface area contributed by atoms with Gasteiger partial charge in [-0.1, -0.05) is 175 Å². The van der Waals surface area contributed by atoms with Crippen LogP contribution >= 0.6 is 0 Å². The molecule has 7 heteroatoms. The highest BCUT2D eigenvalue weighted by Crippen LogP contribution is 2.50. The van der Waals surface area contributed by atoms with Crippen LogP contribution in [0.4, 0.5) is 0 Å². The second-order valence-electron chi connectivity index (χ2n) is 23.0. The number of esters is 1. The van der Waals surface area contributed by atoms with Gasteiger partial charge in [-0.05, 0) is 94.0 Å². The lowest BCUT2D eigenvalue weighted by atomic mass is 9.69. The van der Waals surface area contributed by atoms with Crippen LogP contribution in [0.5, 0.6) is 17.2 Å². The number of ether oxygens (including phenoxy) is 3. The number of unbranched alkanes of at least 4 members (excludes halogenated alkanes) is 10. The Bertz CT molecular complexity index is 1830. The molecule has 2 N–H and O–H groups in total. The predicted molar refractivity (Wildman–Crippen MR) is 274 cm³/mol. The quantitative estimate of drug-likeness (QED) is 0.0559. The van der Waals surface area contributed by atoms with E-state index in [0.29, 0.717) is 24.3 Å². The summed E-state index contributed by atoms with van der Waals surface area (Å²) in [6, 6.07) is 12.5. The van der Waals surface area contributed by atoms with Crippen LogP contribution in [0.3, 0.4) is 0 Å². The van der Waals surface area contributed by atoms with Crippen molar-refractivity contribution in [2.24, 2.45) is 10.9 Å². The largest absolute Gasteiger partial charge is 0.507 e. The number of nitrogens with zero attached hydrogens (tertiary/aromatic N) is 1. The van der Waals surface area contributed by atoms with Crippen molar-refractivity contribution in [3.63, 3.8) is 0 Å². The first-order chi connectivity index (χ1) is 30.2. The van der Waals surface area contributed by atoms with Gasteiger partial charge >= 0.3 is 5.97 Å². The number of aliphatic hydroxyl groups is 1. The fraction of sp³-hybridized carbons (Fsp3) is 0.655. The number of aliphatic imine (C=N–C) groups is 1. The van der Waals surface area contributed by atoms with Crippen LogP contribution in [-0.2, 0) is 32.0 Å². The minimum absolute atomic E-state index is 0.0266. The highest BCUT2D eigenvalue weighted by Gasteiger charge is 2.46. The molecule has 0 aliphatic heterocycles. The normalized spacial score (nSPS) is 13.5. The minimum Gasteiger partial charge on any atom is -0.507 e. The number of carbonyl (C=O) groups is 1. The van der Waals surface area contributed by atoms with Crippen LogP contribution < -0.4 is 9.47 Å². The third-order valence-electron chi connectivity index (χ3n) is 12.7. The number of rotatable bonds is 23. The number of hydrogen-bond acceptors (Lipinski definition) is 7. The molecule has 1 atom stereocenters. The molecule has 0 fully saturated rings. The smallest absolute Gasteiger partial charge is 0.337 e. The maximum atomic E-state index is 14.4. The first kappa shape index (κ1) is 55.5. The zero-order chi connectivity index (χ0) is 49.0. The summed E-state index contributed by atoms with van der Waals surface area (Å²) in [6.07, 6.45) is 15.7. The Labute approximate surface area is 396 Å². The van der Waals surface area contributed by atoms with E-state index in [0.717, 1.165) is 70.6 Å². The molecule has 0 aromatic heterocycles. The van der Waals surface area contributed by atoms with Crippen molar-refractivity contribution in [2.75, 3.05) is 20.3 Å². The van der Waals surface area contributed by atoms with E-state index >= 15 is 0 Å². The van der Waals surface area contributed by atoms with E-state index in [1.165, 1.54) is 70.6 Å². The van der Waals surface area contributed by atoms with Gasteiger partial charge in [0.2, 0.25) is 0 Å². The van der Waals surface area contributed by atoms with Crippen molar-refractivity contribution in [3.05, 3.63) is 87.0 Å². The van der Waals surface area contributed by atoms with Gasteiger partial charge in [-0.2, -0.15) is 0 Å². The van der Waals surface area contributed by atoms with Gasteiger partial charge in [-0.3, -0.25) is 4.99 Å². The first-order valence-corrected chi connectivity index (χ1v) is 25.0. The monoisotopic (exact) mass is 898 g/mol. The molecule has 3 aromatic rings. The summed E-state index contributed by atoms with van der Waals surface area (Å²) in [4.78, 5) is 17.9. The standard InChI is InChI=1S/C58H91NO6/c1-18-20-22-24-26-28-32-64-50-45(54(5,6)7)35-43(36-46(50)55(8,9)10)58(62,52(40(3)4)59-39-42-34-41(53(61)63-17)30-31-49(42)60)44-37-47(56(11,12)13)51(48(38-44)57(14,15)16)65-33-29-27-25-23-21-19-2/h30-31,34-40,52,60,62H,18-29,32-33H2,1-17H3. The molecule has 3 rings (SSSR count). The molecule has 0 saturated carbocycles. The molecule has 0 amide bonds. The lowest BCUT2D eigenvalue weighted by Gasteiger charge is -2.41. The summed E-state index contributed by atoms with van der Waals surface area (Å²) in [7, 11) is 1.34. The maximum Gasteiger partial charge on any atom is 0.337 e. The van der Waals surface area contributed by atoms with Crippen LogP contribution in [0.25, 0.3) is 0 Å². The Morgan fingerprint density at radius 1 is 0.600 bits per heavy atom. The van der Waals surface area contributed by atoms with Crippen LogP contribution in [0.1, 0.15) is 237 Å². The third kappa shape index (κ3) is 15.1. The number of carbonyl (C=O) groups excluding carboxylic acids is 1. The number of methoxy groups -OCH3 is 1. The van der Waals surface area contributed by atoms with Gasteiger partial charge in [0.15, 0.2) is 0 Å². The van der Waals surface area contributed by atoms with Gasteiger partial charge in [0.25, 0.3) is 0 Å². The molecule has 0 bridgehead atoms. The molecule has 1 unspecified atom stereocenters. The molecular weight excluding hydrogens is 807 g/mol. The van der Waals surface area contributed by atoms with Crippen LogP contribution in [0, 0.1) is 5.92 Å². The Morgan fingerprint density at radius 3 is 1.31 bits per heavy atom. The van der Waals surface area contributed by atoms with Crippen molar-refractivity contribution in [3.8, 4) is 17.2 Å². The number of aromatic hydroxyl groups is 1. The molecule has 0 saturated heterocycles. The summed E-state index contributed by atoms with van der Waals surface area (Å²) in [5.74, 6) is 1.05. The van der Waals surface area contributed by atoms with Crippen molar-refractivity contribution in [1.29, 1.82) is 0 Å². The van der Waals surface area contributed by atoms with Crippen LogP contribution in [0.15, 0.2) is 47.5 Å². The molecule has 7 nitrogen and oxygen atoms in total. The highest BCUT2D eigenvalue weighted by atomic mass is 16.5. The van der Waals surface area contributed by atoms with E-state index in [2.05, 4.69) is 135 Å². The third-order valence-corrected chi connectivity index (χ3v) is 12.7. The average Bonchev–Trinajstić information content (AvgIpc) is 3.21. The fourth-order valence-electron chi connectivity index (χ4n) is 8.68. The number of phenolic OH excluding ortho intramolecular Hbond substituents is 1. The summed E-state index contributed by atoms with van der Waals surface area (Å²) in [5, 5.41) is 25.5. The number of benzene rings is 3. The topological polar surface area (TPSA) is 97.6 Å². The summed E-state index contributed by atoms with van der Waals surface area (Å²) >= 11 is 0. The number of phenols is 1. The molecule has 3 aromatic carbocycles. The fourth-order valence-corrected chi connectivity index (χ4v) is 8.68. The lowest BCUT2D eigenvalue weighted by Crippen LogP contribution is -2.44. The van der Waals surface area contributed by atoms with E-state index in [4.69, 9.17) is 19.2 Å². The van der Waals surface area contributed by atoms with Crippen LogP contribution in [-0.4, -0.2) is 48.8 Å². The van der Waals surface area contributed by atoms with E-state index in [-0.39, 0.29) is 33.3 Å². The second-order valence-corrected chi connectivity index (χ2v) is 23.0. The Hall–Kier alpha value is -3.84. The summed E-state index contributed by atoms with van der Waals surface area (Å²) in [6.45, 7) is 36.5. The molecule has 0 aliphatic rings. The summed E-state index contributed by atoms with van der Waals surface area (Å²) in [5.41, 5.74) is 3.17. The zero-order valence-electron chi connectivity index (χ0n) is 44.1. The maximum absolute atomic E-state index is 14.4. The molecule has 0 radical (unpaired) electrons. The molecular formula is C58H91NO6. The second kappa shape index (κ2) is 23.7. The van der Waals surface area contributed by atoms with Crippen molar-refractivity contribution >= 4 is 12.2 Å². The zero-order valence-corrected chi connectivity index (χ0v) is 44.1. The molecule has 0 aliphatic carbocycles. The average molecular weight is 898 g/mol. The Kier molecular flexibility index (Phi) is 20.3. The van der Waals surface area contributed by atoms with Crippen molar-refractivity contribution in [2.45, 2.75) is 221 Å². The molecule has 364 valence electrons. The predicted octanol–water partition coefficient (Wildman–Crippen LogP) is 15.2. The van der Waals surface area contributed by atoms with Gasteiger partial charge in [0.05, 0.1) is 31.9 Å². The van der Waals surface area contributed by atoms with Gasteiger partial charge in [0, 0.05) is 34.0 Å². The number of hydrogen-bond donors (Lipinski definition) is 2. The lowest BCUT2D eigenvalue weighted by molar-refractivity contribution is 0.0359. The van der Waals surface area contributed by atoms with Gasteiger partial charge in [0.1, 0.15) is 22.8 Å². The minimum atomic E-state index is -1.70. The molecule has 0 spiro atoms. The van der Waals surface area contributed by atoms with Crippen molar-refractivity contribution in [1.82, 2.24) is 0 Å². The highest BCUT2D eigenvalue weighted by molar-refractivity contribution is 5.93. The van der Waals surface area contributed by atoms with Crippen molar-refractivity contribution < 1.29 is 29.2 Å². The first-order valence-electron chi connectivity index (χ1n) is 25.0. The van der Waals surface area contributed by atoms with E-state index in [1.54, 1.807) is 12.3 Å². The van der Waals surface area contributed by atoms with Gasteiger partial charge in [-0.15, -0.1) is 0 Å². The SMILES string of the molecule is CCCCCCCCOc1c(C(C)(C)C)cc(C(O)(c2cc(C(C)(C)C)c(OCCCCCCCC)c(C(C)(C)C)c2)C(N=Cc2cc(C(=O)OC)ccc2O)C(C)C)cc1C(C)(C)C. The van der Waals surface area contributed by atoms with E-state index in [1.807, 2.05) is 0 Å².